The van der Waals surface area contributed by atoms with E-state index in [1.54, 1.807) is 18.6 Å². The first-order chi connectivity index (χ1) is 25.4. The predicted molar refractivity (Wildman–Crippen MR) is 197 cm³/mol. The van der Waals surface area contributed by atoms with Crippen molar-refractivity contribution in [1.82, 2.24) is 58.5 Å². The quantitative estimate of drug-likeness (QED) is 0.0339. The molecule has 9 N–H and O–H groups in total. The molecule has 274 valence electrons. The Hall–Kier alpha value is -5.40. The first kappa shape index (κ1) is 36.4. The number of hydrogen-bond donors (Lipinski definition) is 7. The number of aryl methyl sites for hydroxylation is 2. The van der Waals surface area contributed by atoms with Crippen LogP contribution in [-0.2, 0) is 25.9 Å². The maximum absolute atomic E-state index is 12.6. The summed E-state index contributed by atoms with van der Waals surface area (Å²) in [6.45, 7) is 6.31. The van der Waals surface area contributed by atoms with Crippen LogP contribution in [0.2, 0.25) is 0 Å². The van der Waals surface area contributed by atoms with E-state index in [0.717, 1.165) is 72.2 Å². The summed E-state index contributed by atoms with van der Waals surface area (Å²) in [5.41, 5.74) is 18.3. The summed E-state index contributed by atoms with van der Waals surface area (Å²) in [6, 6.07) is 6.82. The Labute approximate surface area is 310 Å². The van der Waals surface area contributed by atoms with E-state index in [0.29, 0.717) is 59.9 Å². The molecule has 52 heavy (non-hydrogen) atoms. The number of aromatic nitrogens is 8. The number of rotatable bonds is 16. The minimum atomic E-state index is -0.890. The third-order valence-corrected chi connectivity index (χ3v) is 9.97. The number of amides is 4. The number of urea groups is 2. The molecule has 18 heteroatoms. The third-order valence-electron chi connectivity index (χ3n) is 8.46. The van der Waals surface area contributed by atoms with Gasteiger partial charge in [-0.3, -0.25) is 0 Å². The molecule has 0 aliphatic heterocycles. The van der Waals surface area contributed by atoms with Gasteiger partial charge in [0.05, 0.1) is 0 Å². The molecule has 0 radical (unpaired) electrons. The van der Waals surface area contributed by atoms with Gasteiger partial charge in [-0.25, -0.2) is 4.98 Å². The molecule has 6 aromatic heterocycles. The summed E-state index contributed by atoms with van der Waals surface area (Å²) in [6.07, 6.45) is 10.7. The third kappa shape index (κ3) is 8.21. The maximum atomic E-state index is 12.6. The van der Waals surface area contributed by atoms with Crippen LogP contribution >= 0.6 is 0 Å². The van der Waals surface area contributed by atoms with Crippen LogP contribution in [0.15, 0.2) is 36.7 Å². The number of carbonyl (C=O) groups is 2. The fraction of sp³-hybridized carbons (Fsp3) is 0.382. The van der Waals surface area contributed by atoms with Gasteiger partial charge < -0.3 is 5.73 Å². The van der Waals surface area contributed by atoms with Gasteiger partial charge in [0.2, 0.25) is 0 Å². The van der Waals surface area contributed by atoms with E-state index < -0.39 is 21.8 Å². The minimum absolute atomic E-state index is 0.273. The van der Waals surface area contributed by atoms with Gasteiger partial charge in [-0.2, -0.15) is 0 Å². The number of nitrogen functional groups attached to an aromatic ring is 2. The van der Waals surface area contributed by atoms with Crippen molar-refractivity contribution in [3.8, 4) is 0 Å². The van der Waals surface area contributed by atoms with Crippen LogP contribution in [0.1, 0.15) is 51.2 Å². The Balaban J connectivity index is 0.957. The second-order valence-corrected chi connectivity index (χ2v) is 13.8. The number of imidazole rings is 2. The molecule has 6 aromatic rings. The van der Waals surface area contributed by atoms with E-state index in [4.69, 9.17) is 21.4 Å². The number of hydrogen-bond acceptors (Lipinski definition) is 10. The molecule has 17 nitrogen and oxygen atoms in total. The van der Waals surface area contributed by atoms with Crippen molar-refractivity contribution in [2.45, 2.75) is 65.5 Å². The Morgan fingerprint density at radius 3 is 1.79 bits per heavy atom. The molecule has 0 spiro atoms. The van der Waals surface area contributed by atoms with Crippen molar-refractivity contribution >= 4 is 74.0 Å². The fourth-order valence-electron chi connectivity index (χ4n) is 6.02. The topological polar surface area (TPSA) is 235 Å². The number of carbonyl (C=O) groups excluding carboxylic acids is 2. The van der Waals surface area contributed by atoms with Gasteiger partial charge in [0.1, 0.15) is 0 Å². The summed E-state index contributed by atoms with van der Waals surface area (Å²) in [5, 5.41) is 8.63. The number of pyridine rings is 4. The zero-order valence-electron chi connectivity index (χ0n) is 29.2. The van der Waals surface area contributed by atoms with Crippen LogP contribution in [0.4, 0.5) is 21.2 Å². The molecule has 0 unspecified atom stereocenters. The van der Waals surface area contributed by atoms with Crippen molar-refractivity contribution in [2.75, 3.05) is 31.1 Å². The molecule has 0 aliphatic rings. The SMILES string of the molecule is CCCCc1nc2c(N)nc3cccnc3c2n1CCNC(=O)NCC=[NH+][I-]NC(=O)NCCn1c(CCCC)nc2c(N)nc3cccnc3c21. The van der Waals surface area contributed by atoms with Gasteiger partial charge in [0.15, 0.2) is 0 Å². The Morgan fingerprint density at radius 2 is 1.27 bits per heavy atom. The first-order valence-electron chi connectivity index (χ1n) is 17.4. The summed E-state index contributed by atoms with van der Waals surface area (Å²) < 4.78 is 10.1. The summed E-state index contributed by atoms with van der Waals surface area (Å²) in [4.78, 5) is 52.8. The van der Waals surface area contributed by atoms with Crippen LogP contribution in [0.3, 0.4) is 0 Å². The molecule has 6 heterocycles. The van der Waals surface area contributed by atoms with E-state index in [-0.39, 0.29) is 18.6 Å². The molecule has 6 rings (SSSR count). The van der Waals surface area contributed by atoms with Gasteiger partial charge >= 0.3 is 270 Å². The van der Waals surface area contributed by atoms with E-state index in [1.165, 1.54) is 0 Å². The van der Waals surface area contributed by atoms with Crippen LogP contribution in [-0.4, -0.2) is 76.9 Å². The molecule has 0 saturated carbocycles. The van der Waals surface area contributed by atoms with Crippen molar-refractivity contribution in [3.63, 3.8) is 0 Å². The summed E-state index contributed by atoms with van der Waals surface area (Å²) in [7, 11) is 0. The molecular formula is C34H44IN15O2. The van der Waals surface area contributed by atoms with E-state index in [1.807, 2.05) is 24.3 Å². The normalized spacial score (nSPS) is 11.7. The van der Waals surface area contributed by atoms with Gasteiger partial charge in [-0.05, 0) is 12.1 Å². The Morgan fingerprint density at radius 1 is 0.750 bits per heavy atom. The number of nitrogens with two attached hydrogens (primary N) is 2. The van der Waals surface area contributed by atoms with Gasteiger partial charge in [0.25, 0.3) is 0 Å². The Kier molecular flexibility index (Phi) is 12.0. The second-order valence-electron chi connectivity index (χ2n) is 12.1. The molecule has 0 atom stereocenters. The van der Waals surface area contributed by atoms with Crippen LogP contribution in [0, 0.1) is 0 Å². The number of anilines is 2. The van der Waals surface area contributed by atoms with Gasteiger partial charge in [-0.15, -0.1) is 0 Å². The summed E-state index contributed by atoms with van der Waals surface area (Å²) in [5.74, 6) is 2.52. The van der Waals surface area contributed by atoms with E-state index in [2.05, 4.69) is 65.6 Å². The molecule has 0 fully saturated rings. The van der Waals surface area contributed by atoms with Crippen molar-refractivity contribution < 1.29 is 34.5 Å². The number of unbranched alkanes of at least 4 members (excludes halogenated alkanes) is 2. The zero-order chi connectivity index (χ0) is 36.5. The average molecular weight is 822 g/mol. The zero-order valence-corrected chi connectivity index (χ0v) is 31.4. The van der Waals surface area contributed by atoms with Crippen LogP contribution in [0.5, 0.6) is 0 Å². The van der Waals surface area contributed by atoms with Crippen molar-refractivity contribution in [2.24, 2.45) is 0 Å². The predicted octanol–water partition coefficient (Wildman–Crippen LogP) is -1.51. The molecule has 0 saturated heterocycles. The molecule has 4 amide bonds. The molecular weight excluding hydrogens is 777 g/mol. The number of fused-ring (bicyclic) bond motifs is 6. The van der Waals surface area contributed by atoms with Gasteiger partial charge in [-0.1, -0.05) is 13.3 Å². The van der Waals surface area contributed by atoms with Crippen molar-refractivity contribution in [1.29, 1.82) is 0 Å². The number of halogens is 1. The first-order valence-corrected chi connectivity index (χ1v) is 19.6. The van der Waals surface area contributed by atoms with Crippen LogP contribution in [0.25, 0.3) is 44.1 Å². The standard InChI is InChI=1S/C34H44IN15O2/c1-3-5-11-23-46-27-29(25-21(44-31(27)36)9-7-13-38-25)49(23)19-17-41-33(51)40-15-16-43-35-48-34(52)42-18-20-50-24(12-6-4-2)47-28-30(50)26-22(45-32(28)37)10-8-14-39-26/h7-10,13-14,16,43H,3-6,11-12,15,17-20H2,1-2H3,(H2,36,44)(H2,37,45)(H2,40,41,51)(H2,42,48,52). The number of nitrogens with one attached hydrogen (secondary N) is 5. The molecule has 0 bridgehead atoms. The monoisotopic (exact) mass is 821 g/mol. The average Bonchev–Trinajstić information content (AvgIpc) is 3.71. The molecule has 0 aliphatic carbocycles. The summed E-state index contributed by atoms with van der Waals surface area (Å²) >= 11 is -0.890. The van der Waals surface area contributed by atoms with E-state index in [9.17, 15) is 9.59 Å². The number of nitrogens with zero attached hydrogens (tertiary/aromatic N) is 8. The second kappa shape index (κ2) is 17.2. The van der Waals surface area contributed by atoms with E-state index >= 15 is 0 Å². The Bertz CT molecular complexity index is 2080. The van der Waals surface area contributed by atoms with Crippen LogP contribution < -0.4 is 55.9 Å². The molecule has 0 aromatic carbocycles. The van der Waals surface area contributed by atoms with Crippen molar-refractivity contribution in [3.05, 3.63) is 48.3 Å². The van der Waals surface area contributed by atoms with Gasteiger partial charge in [0, 0.05) is 6.20 Å². The fourth-order valence-corrected chi connectivity index (χ4v) is 7.05.